The topological polar surface area (TPSA) is 75.7 Å². The van der Waals surface area contributed by atoms with Gasteiger partial charge in [0.1, 0.15) is 5.75 Å². The van der Waals surface area contributed by atoms with Gasteiger partial charge in [0.15, 0.2) is 6.10 Å². The van der Waals surface area contributed by atoms with Crippen LogP contribution in [0, 0.1) is 5.41 Å². The van der Waals surface area contributed by atoms with Crippen LogP contribution in [-0.2, 0) is 14.8 Å². The van der Waals surface area contributed by atoms with Crippen molar-refractivity contribution in [2.75, 3.05) is 17.6 Å². The van der Waals surface area contributed by atoms with Crippen LogP contribution in [0.1, 0.15) is 54.4 Å². The first-order valence-corrected chi connectivity index (χ1v) is 11.0. The standard InChI is InChI=1S/C20H34N2O4S/c1-9-17(18(23)21-20(5,6)14-19(2,3)4)26-16-12-10-15(11-13-16)22(7)27(8,24)25/h10-13,17H,9,14H2,1-8H3,(H,21,23)/t17-/m0/s1. The monoisotopic (exact) mass is 398 g/mol. The predicted octanol–water partition coefficient (Wildman–Crippen LogP) is 3.57. The van der Waals surface area contributed by atoms with E-state index < -0.39 is 16.1 Å². The molecule has 0 saturated heterocycles. The first-order chi connectivity index (χ1) is 12.1. The van der Waals surface area contributed by atoms with Crippen LogP contribution in [0.2, 0.25) is 0 Å². The van der Waals surface area contributed by atoms with Crippen LogP contribution in [0.25, 0.3) is 0 Å². The molecule has 0 aromatic heterocycles. The van der Waals surface area contributed by atoms with Crippen LogP contribution < -0.4 is 14.4 Å². The number of carbonyl (C=O) groups is 1. The lowest BCUT2D eigenvalue weighted by molar-refractivity contribution is -0.130. The first kappa shape index (κ1) is 23.3. The van der Waals surface area contributed by atoms with E-state index in [1.54, 1.807) is 24.3 Å². The maximum Gasteiger partial charge on any atom is 0.261 e. The zero-order valence-electron chi connectivity index (χ0n) is 17.8. The van der Waals surface area contributed by atoms with Crippen LogP contribution in [0.5, 0.6) is 5.75 Å². The predicted molar refractivity (Wildman–Crippen MR) is 111 cm³/mol. The van der Waals surface area contributed by atoms with Crippen molar-refractivity contribution < 1.29 is 17.9 Å². The Morgan fingerprint density at radius 1 is 1.15 bits per heavy atom. The Bertz CT molecular complexity index is 734. The zero-order valence-corrected chi connectivity index (χ0v) is 18.6. The molecule has 0 aliphatic carbocycles. The highest BCUT2D eigenvalue weighted by Gasteiger charge is 2.30. The molecule has 1 aromatic rings. The summed E-state index contributed by atoms with van der Waals surface area (Å²) in [5.41, 5.74) is 0.295. The molecule has 0 radical (unpaired) electrons. The third kappa shape index (κ3) is 7.79. The van der Waals surface area contributed by atoms with Gasteiger partial charge in [-0.3, -0.25) is 9.10 Å². The molecule has 1 aromatic carbocycles. The molecule has 7 heteroatoms. The quantitative estimate of drug-likeness (QED) is 0.726. The number of sulfonamides is 1. The van der Waals surface area contributed by atoms with Gasteiger partial charge < -0.3 is 10.1 Å². The molecule has 1 N–H and O–H groups in total. The lowest BCUT2D eigenvalue weighted by Crippen LogP contribution is -2.50. The number of amides is 1. The maximum atomic E-state index is 12.7. The van der Waals surface area contributed by atoms with E-state index in [-0.39, 0.29) is 16.9 Å². The van der Waals surface area contributed by atoms with Crippen LogP contribution in [-0.4, -0.2) is 39.3 Å². The molecule has 1 rings (SSSR count). The molecular formula is C20H34N2O4S. The maximum absolute atomic E-state index is 12.7. The van der Waals surface area contributed by atoms with Crippen molar-refractivity contribution >= 4 is 21.6 Å². The van der Waals surface area contributed by atoms with Crippen molar-refractivity contribution in [3.63, 3.8) is 0 Å². The Kier molecular flexibility index (Phi) is 7.33. The lowest BCUT2D eigenvalue weighted by atomic mass is 9.81. The van der Waals surface area contributed by atoms with E-state index in [9.17, 15) is 13.2 Å². The van der Waals surface area contributed by atoms with Crippen molar-refractivity contribution in [1.82, 2.24) is 5.32 Å². The van der Waals surface area contributed by atoms with Crippen molar-refractivity contribution in [2.45, 2.75) is 66.0 Å². The van der Waals surface area contributed by atoms with E-state index in [1.165, 1.54) is 11.4 Å². The lowest BCUT2D eigenvalue weighted by Gasteiger charge is -2.34. The summed E-state index contributed by atoms with van der Waals surface area (Å²) in [6.07, 6.45) is 1.91. The van der Waals surface area contributed by atoms with Gasteiger partial charge in [0.2, 0.25) is 10.0 Å². The number of ether oxygens (including phenoxy) is 1. The number of rotatable bonds is 8. The second-order valence-corrected chi connectivity index (χ2v) is 10.9. The highest BCUT2D eigenvalue weighted by atomic mass is 32.2. The summed E-state index contributed by atoms with van der Waals surface area (Å²) in [7, 11) is -1.83. The fourth-order valence-electron chi connectivity index (χ4n) is 3.20. The summed E-state index contributed by atoms with van der Waals surface area (Å²) in [4.78, 5) is 12.7. The highest BCUT2D eigenvalue weighted by Crippen LogP contribution is 2.27. The zero-order chi connectivity index (χ0) is 21.0. The smallest absolute Gasteiger partial charge is 0.261 e. The largest absolute Gasteiger partial charge is 0.481 e. The van der Waals surface area contributed by atoms with Gasteiger partial charge in [-0.2, -0.15) is 0 Å². The summed E-state index contributed by atoms with van der Waals surface area (Å²) >= 11 is 0. The van der Waals surface area contributed by atoms with Gasteiger partial charge in [0.05, 0.1) is 11.9 Å². The molecule has 1 atom stereocenters. The number of nitrogens with zero attached hydrogens (tertiary/aromatic N) is 1. The second-order valence-electron chi connectivity index (χ2n) is 8.85. The number of hydrogen-bond acceptors (Lipinski definition) is 4. The SMILES string of the molecule is CC[C@H](Oc1ccc(N(C)S(C)(=O)=O)cc1)C(=O)NC(C)(C)CC(C)(C)C. The van der Waals surface area contributed by atoms with E-state index in [2.05, 4.69) is 26.1 Å². The Morgan fingerprint density at radius 2 is 1.67 bits per heavy atom. The molecule has 0 saturated carbocycles. The van der Waals surface area contributed by atoms with Crippen LogP contribution in [0.15, 0.2) is 24.3 Å². The Balaban J connectivity index is 2.82. The summed E-state index contributed by atoms with van der Waals surface area (Å²) < 4.78 is 30.2. The molecule has 0 unspecified atom stereocenters. The highest BCUT2D eigenvalue weighted by molar-refractivity contribution is 7.92. The summed E-state index contributed by atoms with van der Waals surface area (Å²) in [5.74, 6) is 0.375. The van der Waals surface area contributed by atoms with Gasteiger partial charge in [-0.05, 0) is 56.4 Å². The van der Waals surface area contributed by atoms with Gasteiger partial charge in [-0.15, -0.1) is 0 Å². The van der Waals surface area contributed by atoms with Crippen LogP contribution in [0.4, 0.5) is 5.69 Å². The number of carbonyl (C=O) groups excluding carboxylic acids is 1. The number of anilines is 1. The molecule has 0 fully saturated rings. The van der Waals surface area contributed by atoms with Crippen LogP contribution >= 0.6 is 0 Å². The molecule has 1 amide bonds. The van der Waals surface area contributed by atoms with Gasteiger partial charge in [-0.25, -0.2) is 8.42 Å². The Labute approximate surface area is 164 Å². The van der Waals surface area contributed by atoms with Crippen molar-refractivity contribution in [3.8, 4) is 5.75 Å². The molecule has 0 aliphatic heterocycles. The van der Waals surface area contributed by atoms with Crippen LogP contribution in [0.3, 0.4) is 0 Å². The minimum atomic E-state index is -3.32. The van der Waals surface area contributed by atoms with Crippen molar-refractivity contribution in [1.29, 1.82) is 0 Å². The number of nitrogens with one attached hydrogen (secondary N) is 1. The molecule has 0 bridgehead atoms. The summed E-state index contributed by atoms with van der Waals surface area (Å²) in [6.45, 7) is 12.3. The third-order valence-electron chi connectivity index (χ3n) is 4.07. The molecule has 0 spiro atoms. The molecular weight excluding hydrogens is 364 g/mol. The minimum absolute atomic E-state index is 0.0980. The van der Waals surface area contributed by atoms with Gasteiger partial charge in [-0.1, -0.05) is 27.7 Å². The normalized spacial score (nSPS) is 13.8. The van der Waals surface area contributed by atoms with E-state index in [4.69, 9.17) is 4.74 Å². The molecule has 27 heavy (non-hydrogen) atoms. The van der Waals surface area contributed by atoms with E-state index in [0.717, 1.165) is 12.7 Å². The van der Waals surface area contributed by atoms with Gasteiger partial charge in [0.25, 0.3) is 5.91 Å². The minimum Gasteiger partial charge on any atom is -0.481 e. The average molecular weight is 399 g/mol. The summed E-state index contributed by atoms with van der Waals surface area (Å²) in [5, 5.41) is 3.08. The summed E-state index contributed by atoms with van der Waals surface area (Å²) in [6, 6.07) is 6.66. The number of benzene rings is 1. The molecule has 0 heterocycles. The molecule has 154 valence electrons. The fourth-order valence-corrected chi connectivity index (χ4v) is 3.70. The second kappa shape index (κ2) is 8.50. The van der Waals surface area contributed by atoms with E-state index in [0.29, 0.717) is 17.9 Å². The third-order valence-corrected chi connectivity index (χ3v) is 5.28. The Hall–Kier alpha value is -1.76. The number of hydrogen-bond donors (Lipinski definition) is 1. The van der Waals surface area contributed by atoms with Crippen molar-refractivity contribution in [2.24, 2.45) is 5.41 Å². The van der Waals surface area contributed by atoms with E-state index >= 15 is 0 Å². The Morgan fingerprint density at radius 3 is 2.07 bits per heavy atom. The van der Waals surface area contributed by atoms with Gasteiger partial charge in [0, 0.05) is 12.6 Å². The molecule has 6 nitrogen and oxygen atoms in total. The van der Waals surface area contributed by atoms with Crippen molar-refractivity contribution in [3.05, 3.63) is 24.3 Å². The fraction of sp³-hybridized carbons (Fsp3) is 0.650. The average Bonchev–Trinajstić information content (AvgIpc) is 2.48. The van der Waals surface area contributed by atoms with E-state index in [1.807, 2.05) is 20.8 Å². The first-order valence-electron chi connectivity index (χ1n) is 9.17. The van der Waals surface area contributed by atoms with Gasteiger partial charge >= 0.3 is 0 Å². The molecule has 0 aliphatic rings.